The average molecular weight is 422 g/mol. The molecule has 1 aromatic heterocycles. The Morgan fingerprint density at radius 3 is 2.37 bits per heavy atom. The monoisotopic (exact) mass is 421 g/mol. The molecule has 1 fully saturated rings. The first-order valence-electron chi connectivity index (χ1n) is 10.5. The average Bonchev–Trinajstić information content (AvgIpc) is 2.72. The first-order chi connectivity index (χ1) is 14.3. The Bertz CT molecular complexity index is 802. The van der Waals surface area contributed by atoms with Gasteiger partial charge in [0, 0.05) is 23.7 Å². The van der Waals surface area contributed by atoms with Crippen LogP contribution in [-0.2, 0) is 6.18 Å². The van der Waals surface area contributed by atoms with Gasteiger partial charge in [0.2, 0.25) is 5.88 Å². The van der Waals surface area contributed by atoms with Gasteiger partial charge in [-0.3, -0.25) is 0 Å². The molecule has 0 spiro atoms. The van der Waals surface area contributed by atoms with E-state index in [9.17, 15) is 13.2 Å². The molecule has 3 rings (SSSR count). The molecule has 0 amide bonds. The summed E-state index contributed by atoms with van der Waals surface area (Å²) >= 11 is 0. The molecule has 1 aliphatic rings. The lowest BCUT2D eigenvalue weighted by Gasteiger charge is -2.39. The predicted octanol–water partition coefficient (Wildman–Crippen LogP) is 4.98. The summed E-state index contributed by atoms with van der Waals surface area (Å²) in [5.41, 5.74) is 6.63. The summed E-state index contributed by atoms with van der Waals surface area (Å²) in [5, 5.41) is 0. The number of hydrogen-bond donors (Lipinski definition) is 1. The Hall–Kier alpha value is -2.12. The van der Waals surface area contributed by atoms with Crippen molar-refractivity contribution in [3.63, 3.8) is 0 Å². The number of benzene rings is 1. The van der Waals surface area contributed by atoms with Crippen LogP contribution < -0.4 is 10.5 Å². The number of likely N-dealkylation sites (tertiary alicyclic amines) is 1. The normalized spacial score (nSPS) is 18.2. The van der Waals surface area contributed by atoms with E-state index in [1.807, 2.05) is 19.1 Å². The van der Waals surface area contributed by atoms with Crippen LogP contribution in [0, 0.1) is 12.8 Å². The molecule has 164 valence electrons. The lowest BCUT2D eigenvalue weighted by Crippen LogP contribution is -2.42. The Labute approximate surface area is 176 Å². The van der Waals surface area contributed by atoms with Crippen molar-refractivity contribution in [1.82, 2.24) is 9.88 Å². The molecule has 4 nitrogen and oxygen atoms in total. The summed E-state index contributed by atoms with van der Waals surface area (Å²) in [4.78, 5) is 6.86. The van der Waals surface area contributed by atoms with E-state index in [4.69, 9.17) is 10.5 Å². The molecular formula is C23H30F3N3O. The number of aromatic nitrogens is 1. The van der Waals surface area contributed by atoms with Crippen molar-refractivity contribution in [1.29, 1.82) is 0 Å². The first kappa shape index (κ1) is 22.6. The van der Waals surface area contributed by atoms with Gasteiger partial charge in [0.15, 0.2) is 0 Å². The van der Waals surface area contributed by atoms with Gasteiger partial charge in [-0.1, -0.05) is 18.2 Å². The highest BCUT2D eigenvalue weighted by Crippen LogP contribution is 2.37. The van der Waals surface area contributed by atoms with Crippen LogP contribution in [0.4, 0.5) is 13.2 Å². The number of aryl methyl sites for hydroxylation is 1. The molecule has 30 heavy (non-hydrogen) atoms. The van der Waals surface area contributed by atoms with Gasteiger partial charge in [0.25, 0.3) is 0 Å². The number of nitrogens with two attached hydrogens (primary N) is 1. The summed E-state index contributed by atoms with van der Waals surface area (Å²) in [5.74, 6) is 0.698. The van der Waals surface area contributed by atoms with Gasteiger partial charge >= 0.3 is 6.18 Å². The maximum Gasteiger partial charge on any atom is 0.416 e. The molecule has 2 heterocycles. The maximum absolute atomic E-state index is 13.0. The Balaban J connectivity index is 1.80. The molecule has 2 aromatic rings. The van der Waals surface area contributed by atoms with Crippen LogP contribution in [0.1, 0.15) is 49.1 Å². The smallest absolute Gasteiger partial charge is 0.416 e. The van der Waals surface area contributed by atoms with E-state index < -0.39 is 11.7 Å². The van der Waals surface area contributed by atoms with Crippen molar-refractivity contribution < 1.29 is 17.9 Å². The van der Waals surface area contributed by atoms with E-state index in [2.05, 4.69) is 16.8 Å². The molecule has 7 heteroatoms. The van der Waals surface area contributed by atoms with Crippen molar-refractivity contribution in [2.45, 2.75) is 51.4 Å². The van der Waals surface area contributed by atoms with E-state index >= 15 is 0 Å². The quantitative estimate of drug-likeness (QED) is 0.685. The van der Waals surface area contributed by atoms with E-state index in [1.165, 1.54) is 12.1 Å². The molecule has 1 saturated heterocycles. The van der Waals surface area contributed by atoms with Gasteiger partial charge < -0.3 is 15.4 Å². The molecule has 1 aromatic carbocycles. The summed E-state index contributed by atoms with van der Waals surface area (Å²) < 4.78 is 45.2. The van der Waals surface area contributed by atoms with E-state index in [0.29, 0.717) is 18.5 Å². The molecule has 2 N–H and O–H groups in total. The number of halogens is 3. The van der Waals surface area contributed by atoms with Crippen LogP contribution in [-0.4, -0.2) is 35.6 Å². The minimum Gasteiger partial charge on any atom is -0.469 e. The lowest BCUT2D eigenvalue weighted by atomic mass is 9.86. The van der Waals surface area contributed by atoms with Crippen molar-refractivity contribution >= 4 is 0 Å². The molecule has 0 bridgehead atoms. The Morgan fingerprint density at radius 2 is 1.80 bits per heavy atom. The van der Waals surface area contributed by atoms with Gasteiger partial charge in [-0.25, -0.2) is 4.98 Å². The molecule has 2 atom stereocenters. The summed E-state index contributed by atoms with van der Waals surface area (Å²) in [6.45, 7) is 6.59. The van der Waals surface area contributed by atoms with Gasteiger partial charge in [0.05, 0.1) is 5.56 Å². The standard InChI is InChI=1S/C23H30F3N3O/c1-16-4-3-5-21(28-16)30-22(18-6-8-20(9-7-18)23(24,25)26)19-11-14-29(15-12-19)17(2)10-13-27/h3-9,17,19,22H,10-15,27H2,1-2H3/t17?,22-/m0/s1. The number of rotatable bonds is 7. The maximum atomic E-state index is 13.0. The number of alkyl halides is 3. The van der Waals surface area contributed by atoms with Gasteiger partial charge in [0.1, 0.15) is 6.10 Å². The fraction of sp³-hybridized carbons (Fsp3) is 0.522. The van der Waals surface area contributed by atoms with Crippen LogP contribution in [0.15, 0.2) is 42.5 Å². The van der Waals surface area contributed by atoms with Crippen molar-refractivity contribution in [2.24, 2.45) is 11.7 Å². The zero-order valence-electron chi connectivity index (χ0n) is 17.5. The zero-order valence-corrected chi connectivity index (χ0v) is 17.5. The van der Waals surface area contributed by atoms with Crippen molar-refractivity contribution in [3.05, 3.63) is 59.3 Å². The molecule has 0 saturated carbocycles. The highest BCUT2D eigenvalue weighted by Gasteiger charge is 2.33. The highest BCUT2D eigenvalue weighted by atomic mass is 19.4. The van der Waals surface area contributed by atoms with Gasteiger partial charge in [-0.15, -0.1) is 0 Å². The second kappa shape index (κ2) is 9.79. The van der Waals surface area contributed by atoms with Crippen LogP contribution in [0.5, 0.6) is 5.88 Å². The largest absolute Gasteiger partial charge is 0.469 e. The summed E-state index contributed by atoms with van der Waals surface area (Å²) in [6.07, 6.45) is -1.92. The summed E-state index contributed by atoms with van der Waals surface area (Å²) in [6, 6.07) is 11.3. The van der Waals surface area contributed by atoms with E-state index in [-0.39, 0.29) is 12.0 Å². The molecule has 0 radical (unpaired) electrons. The predicted molar refractivity (Wildman–Crippen MR) is 111 cm³/mol. The zero-order chi connectivity index (χ0) is 21.7. The number of ether oxygens (including phenoxy) is 1. The fourth-order valence-corrected chi connectivity index (χ4v) is 4.10. The number of nitrogens with zero attached hydrogens (tertiary/aromatic N) is 2. The topological polar surface area (TPSA) is 51.4 Å². The Morgan fingerprint density at radius 1 is 1.13 bits per heavy atom. The number of pyridine rings is 1. The fourth-order valence-electron chi connectivity index (χ4n) is 4.10. The van der Waals surface area contributed by atoms with Crippen LogP contribution in [0.25, 0.3) is 0 Å². The van der Waals surface area contributed by atoms with E-state index in [0.717, 1.165) is 55.7 Å². The third kappa shape index (κ3) is 5.73. The molecular weight excluding hydrogens is 391 g/mol. The van der Waals surface area contributed by atoms with Gasteiger partial charge in [-0.2, -0.15) is 13.2 Å². The second-order valence-electron chi connectivity index (χ2n) is 8.08. The first-order valence-corrected chi connectivity index (χ1v) is 10.5. The van der Waals surface area contributed by atoms with Crippen molar-refractivity contribution in [3.8, 4) is 5.88 Å². The third-order valence-electron chi connectivity index (χ3n) is 5.89. The third-order valence-corrected chi connectivity index (χ3v) is 5.89. The van der Waals surface area contributed by atoms with Crippen LogP contribution in [0.2, 0.25) is 0 Å². The lowest BCUT2D eigenvalue weighted by molar-refractivity contribution is -0.137. The minimum atomic E-state index is -4.35. The highest BCUT2D eigenvalue weighted by molar-refractivity contribution is 5.28. The molecule has 1 unspecified atom stereocenters. The number of piperidine rings is 1. The molecule has 1 aliphatic heterocycles. The van der Waals surface area contributed by atoms with E-state index in [1.54, 1.807) is 6.07 Å². The SMILES string of the molecule is Cc1cccc(O[C@@H](c2ccc(C(F)(F)F)cc2)C2CCN(C(C)CCN)CC2)n1. The van der Waals surface area contributed by atoms with Gasteiger partial charge in [-0.05, 0) is 76.5 Å². The van der Waals surface area contributed by atoms with Crippen LogP contribution in [0.3, 0.4) is 0 Å². The minimum absolute atomic E-state index is 0.199. The van der Waals surface area contributed by atoms with Crippen LogP contribution >= 0.6 is 0 Å². The number of hydrogen-bond acceptors (Lipinski definition) is 4. The molecule has 0 aliphatic carbocycles. The summed E-state index contributed by atoms with van der Waals surface area (Å²) in [7, 11) is 0. The second-order valence-corrected chi connectivity index (χ2v) is 8.08. The Kier molecular flexibility index (Phi) is 7.36. The van der Waals surface area contributed by atoms with Crippen molar-refractivity contribution in [2.75, 3.05) is 19.6 Å².